The van der Waals surface area contributed by atoms with Crippen molar-refractivity contribution in [1.29, 1.82) is 0 Å². The molecule has 0 saturated carbocycles. The van der Waals surface area contributed by atoms with Crippen LogP contribution in [0.4, 0.5) is 0 Å². The van der Waals surface area contributed by atoms with Crippen molar-refractivity contribution >= 4 is 92.7 Å². The van der Waals surface area contributed by atoms with E-state index >= 15 is 0 Å². The highest BCUT2D eigenvalue weighted by molar-refractivity contribution is 6.24. The molecule has 0 atom stereocenters. The topological polar surface area (TPSA) is 27.2 Å². The van der Waals surface area contributed by atoms with E-state index in [4.69, 9.17) is 4.98 Å². The van der Waals surface area contributed by atoms with Crippen LogP contribution in [0.2, 0.25) is 0 Å². The normalized spacial score (nSPS) is 12.2. The summed E-state index contributed by atoms with van der Waals surface area (Å²) in [5, 5.41) is 11.1. The first kappa shape index (κ1) is 30.6. The Morgan fingerprint density at radius 2 is 0.807 bits per heavy atom. The number of hydrogen-bond donors (Lipinski definition) is 0. The fourth-order valence-corrected chi connectivity index (χ4v) is 9.73. The number of fused-ring (bicyclic) bond motifs is 16. The van der Waals surface area contributed by atoms with Gasteiger partial charge in [-0.25, -0.2) is 4.98 Å². The summed E-state index contributed by atoms with van der Waals surface area (Å²) in [5.74, 6) is 0. The number of imidazole rings is 1. The molecular weight excluding hydrogens is 693 g/mol. The summed E-state index contributed by atoms with van der Waals surface area (Å²) in [6.45, 7) is 0. The van der Waals surface area contributed by atoms with Gasteiger partial charge in [0.15, 0.2) is 0 Å². The number of rotatable bonds is 3. The van der Waals surface area contributed by atoms with Crippen LogP contribution in [0.5, 0.6) is 0 Å². The molecule has 4 nitrogen and oxygen atoms in total. The second-order valence-electron chi connectivity index (χ2n) is 15.2. The van der Waals surface area contributed by atoms with Crippen LogP contribution < -0.4 is 0 Å². The van der Waals surface area contributed by atoms with Gasteiger partial charge in [0.1, 0.15) is 5.65 Å². The second kappa shape index (κ2) is 11.4. The van der Waals surface area contributed by atoms with Gasteiger partial charge in [-0.05, 0) is 88.6 Å². The van der Waals surface area contributed by atoms with E-state index in [2.05, 4.69) is 208 Å². The van der Waals surface area contributed by atoms with Crippen molar-refractivity contribution in [2.24, 2.45) is 0 Å². The van der Waals surface area contributed by atoms with Crippen LogP contribution >= 0.6 is 0 Å². The molecule has 0 fully saturated rings. The lowest BCUT2D eigenvalue weighted by atomic mass is 9.96. The average Bonchev–Trinajstić information content (AvgIpc) is 3.94. The van der Waals surface area contributed by atoms with Gasteiger partial charge in [0.05, 0.1) is 38.6 Å². The van der Waals surface area contributed by atoms with Crippen molar-refractivity contribution in [3.05, 3.63) is 194 Å². The van der Waals surface area contributed by atoms with Gasteiger partial charge < -0.3 is 9.13 Å². The lowest BCUT2D eigenvalue weighted by Crippen LogP contribution is -2.00. The van der Waals surface area contributed by atoms with Gasteiger partial charge in [-0.1, -0.05) is 127 Å². The van der Waals surface area contributed by atoms with E-state index in [1.54, 1.807) is 0 Å². The number of benzene rings is 9. The van der Waals surface area contributed by atoms with Crippen LogP contribution in [0.3, 0.4) is 0 Å². The van der Waals surface area contributed by atoms with Crippen molar-refractivity contribution in [3.63, 3.8) is 0 Å². The van der Waals surface area contributed by atoms with Gasteiger partial charge in [0.25, 0.3) is 0 Å². The quantitative estimate of drug-likeness (QED) is 0.167. The molecule has 4 heterocycles. The third kappa shape index (κ3) is 4.24. The predicted molar refractivity (Wildman–Crippen MR) is 239 cm³/mol. The van der Waals surface area contributed by atoms with E-state index in [0.717, 1.165) is 50.1 Å². The lowest BCUT2D eigenvalue weighted by Gasteiger charge is -2.17. The maximum absolute atomic E-state index is 5.27. The first-order chi connectivity index (χ1) is 28.3. The highest BCUT2D eigenvalue weighted by Crippen LogP contribution is 2.41. The summed E-state index contributed by atoms with van der Waals surface area (Å²) in [6.07, 6.45) is 0. The molecule has 4 heteroatoms. The van der Waals surface area contributed by atoms with Gasteiger partial charge in [-0.15, -0.1) is 0 Å². The number of nitrogens with zero attached hydrogens (tertiary/aromatic N) is 4. The van der Waals surface area contributed by atoms with Crippen molar-refractivity contribution in [3.8, 4) is 22.5 Å². The number of hydrogen-bond acceptors (Lipinski definition) is 1. The van der Waals surface area contributed by atoms with E-state index in [1.165, 1.54) is 65.2 Å². The molecule has 0 amide bonds. The minimum atomic E-state index is 0.978. The van der Waals surface area contributed by atoms with E-state index in [0.29, 0.717) is 0 Å². The van der Waals surface area contributed by atoms with Crippen LogP contribution in [-0.4, -0.2) is 18.5 Å². The van der Waals surface area contributed by atoms with Gasteiger partial charge in [0.2, 0.25) is 0 Å². The molecule has 0 N–H and O–H groups in total. The molecule has 0 saturated heterocycles. The van der Waals surface area contributed by atoms with E-state index < -0.39 is 0 Å². The summed E-state index contributed by atoms with van der Waals surface area (Å²) >= 11 is 0. The molecular formula is C53H32N4. The number of aromatic nitrogens is 4. The third-order valence-electron chi connectivity index (χ3n) is 12.2. The van der Waals surface area contributed by atoms with Crippen LogP contribution in [0, 0.1) is 0 Å². The molecule has 13 aromatic rings. The maximum atomic E-state index is 5.27. The van der Waals surface area contributed by atoms with Gasteiger partial charge in [0, 0.05) is 49.1 Å². The highest BCUT2D eigenvalue weighted by Gasteiger charge is 2.20. The SMILES string of the molecule is c1ccc2c(c1)ccc1c2c2ccc(-c3cc(-n4c5ccccc5c5ccccc54)cc(-n4c5ccccc5c5ccccc54)c3)cc2n2c3ccccc3nc12. The minimum absolute atomic E-state index is 0.978. The first-order valence-electron chi connectivity index (χ1n) is 19.6. The number of para-hydroxylation sites is 6. The molecule has 13 rings (SSSR count). The van der Waals surface area contributed by atoms with Crippen molar-refractivity contribution < 1.29 is 0 Å². The van der Waals surface area contributed by atoms with Gasteiger partial charge in [-0.3, -0.25) is 4.40 Å². The fraction of sp³-hybridized carbons (Fsp3) is 0. The number of pyridine rings is 1. The van der Waals surface area contributed by atoms with Crippen molar-refractivity contribution in [1.82, 2.24) is 18.5 Å². The molecule has 0 aliphatic rings. The molecule has 0 aliphatic heterocycles. The fourth-order valence-electron chi connectivity index (χ4n) is 9.73. The zero-order valence-electron chi connectivity index (χ0n) is 30.8. The monoisotopic (exact) mass is 724 g/mol. The van der Waals surface area contributed by atoms with Crippen LogP contribution in [0.1, 0.15) is 0 Å². The van der Waals surface area contributed by atoms with E-state index in [9.17, 15) is 0 Å². The van der Waals surface area contributed by atoms with Crippen LogP contribution in [0.15, 0.2) is 194 Å². The molecule has 4 aromatic heterocycles. The summed E-state index contributed by atoms with van der Waals surface area (Å²) < 4.78 is 7.25. The Labute approximate surface area is 326 Å². The Kier molecular flexibility index (Phi) is 6.13. The average molecular weight is 725 g/mol. The second-order valence-corrected chi connectivity index (χ2v) is 15.2. The summed E-state index contributed by atoms with van der Waals surface area (Å²) in [4.78, 5) is 5.27. The van der Waals surface area contributed by atoms with Crippen molar-refractivity contribution in [2.75, 3.05) is 0 Å². The highest BCUT2D eigenvalue weighted by atomic mass is 15.0. The molecule has 0 bridgehead atoms. The van der Waals surface area contributed by atoms with Gasteiger partial charge >= 0.3 is 0 Å². The van der Waals surface area contributed by atoms with Crippen LogP contribution in [-0.2, 0) is 0 Å². The largest absolute Gasteiger partial charge is 0.309 e. The molecule has 0 spiro atoms. The third-order valence-corrected chi connectivity index (χ3v) is 12.2. The molecule has 0 unspecified atom stereocenters. The predicted octanol–water partition coefficient (Wildman–Crippen LogP) is 13.8. The smallest absolute Gasteiger partial charge is 0.146 e. The van der Waals surface area contributed by atoms with Crippen LogP contribution in [0.25, 0.3) is 115 Å². The Morgan fingerprint density at radius 3 is 1.40 bits per heavy atom. The lowest BCUT2D eigenvalue weighted by molar-refractivity contribution is 1.13. The molecule has 264 valence electrons. The zero-order chi connectivity index (χ0) is 37.2. The maximum Gasteiger partial charge on any atom is 0.146 e. The summed E-state index contributed by atoms with van der Waals surface area (Å²) in [6, 6.07) is 70.9. The van der Waals surface area contributed by atoms with E-state index in [1.807, 2.05) is 0 Å². The first-order valence-corrected chi connectivity index (χ1v) is 19.6. The Hall–Kier alpha value is -7.69. The summed E-state index contributed by atoms with van der Waals surface area (Å²) in [5.41, 5.74) is 13.5. The molecule has 0 aliphatic carbocycles. The van der Waals surface area contributed by atoms with Gasteiger partial charge in [-0.2, -0.15) is 0 Å². The standard InChI is InChI=1S/C53H32N4/c1-2-14-38-33(13-1)25-28-44-52(38)43-27-26-34(31-51(43)57-50-24-12-7-19-45(50)54-53(44)57)35-29-36(55-46-20-8-3-15-39(46)40-16-4-9-21-47(40)55)32-37(30-35)56-48-22-10-5-17-41(48)42-18-6-11-23-49(42)56/h1-32H. The van der Waals surface area contributed by atoms with Crippen molar-refractivity contribution in [2.45, 2.75) is 0 Å². The van der Waals surface area contributed by atoms with E-state index in [-0.39, 0.29) is 0 Å². The minimum Gasteiger partial charge on any atom is -0.309 e. The Bertz CT molecular complexity index is 3580. The summed E-state index contributed by atoms with van der Waals surface area (Å²) in [7, 11) is 0. The molecule has 9 aromatic carbocycles. The Balaban J connectivity index is 1.17. The molecule has 0 radical (unpaired) electrons. The Morgan fingerprint density at radius 1 is 0.316 bits per heavy atom. The molecule has 57 heavy (non-hydrogen) atoms. The zero-order valence-corrected chi connectivity index (χ0v) is 30.8.